The van der Waals surface area contributed by atoms with Crippen molar-refractivity contribution in [3.63, 3.8) is 0 Å². The van der Waals surface area contributed by atoms with E-state index in [1.165, 1.54) is 0 Å². The maximum Gasteiger partial charge on any atom is 0.220 e. The van der Waals surface area contributed by atoms with E-state index in [1.807, 2.05) is 0 Å². The summed E-state index contributed by atoms with van der Waals surface area (Å²) >= 11 is 3.37. The first-order chi connectivity index (χ1) is 6.13. The van der Waals surface area contributed by atoms with E-state index in [0.29, 0.717) is 12.3 Å². The molecule has 0 aromatic carbocycles. The predicted molar refractivity (Wildman–Crippen MR) is 60.1 cm³/mol. The highest BCUT2D eigenvalue weighted by Crippen LogP contribution is 2.06. The first-order valence-corrected chi connectivity index (χ1v) is 6.11. The van der Waals surface area contributed by atoms with Gasteiger partial charge >= 0.3 is 0 Å². The van der Waals surface area contributed by atoms with Crippen LogP contribution < -0.4 is 5.32 Å². The molecule has 1 amide bonds. The van der Waals surface area contributed by atoms with E-state index >= 15 is 0 Å². The molecule has 2 atom stereocenters. The van der Waals surface area contributed by atoms with Gasteiger partial charge in [-0.25, -0.2) is 0 Å². The lowest BCUT2D eigenvalue weighted by atomic mass is 10.0. The van der Waals surface area contributed by atoms with Crippen molar-refractivity contribution in [1.29, 1.82) is 0 Å². The summed E-state index contributed by atoms with van der Waals surface area (Å²) in [7, 11) is 0. The number of nitrogens with one attached hydrogen (secondary N) is 1. The molecule has 0 aliphatic carbocycles. The number of hydrogen-bond acceptors (Lipinski definition) is 1. The molecule has 2 unspecified atom stereocenters. The molecule has 0 radical (unpaired) electrons. The second-order valence-corrected chi connectivity index (χ2v) is 4.19. The minimum Gasteiger partial charge on any atom is -0.353 e. The molecule has 0 rings (SSSR count). The van der Waals surface area contributed by atoms with Gasteiger partial charge in [0.1, 0.15) is 0 Å². The van der Waals surface area contributed by atoms with Crippen LogP contribution >= 0.6 is 15.9 Å². The fourth-order valence-corrected chi connectivity index (χ4v) is 1.62. The fraction of sp³-hybridized carbons (Fsp3) is 0.900. The lowest BCUT2D eigenvalue weighted by Crippen LogP contribution is -2.36. The molecule has 0 heterocycles. The Hall–Kier alpha value is -0.0500. The lowest BCUT2D eigenvalue weighted by molar-refractivity contribution is -0.122. The van der Waals surface area contributed by atoms with Crippen LogP contribution in [0.25, 0.3) is 0 Å². The SMILES string of the molecule is CCC(C)CC(=O)NC(CC)CBr. The summed E-state index contributed by atoms with van der Waals surface area (Å²) in [6, 6.07) is 0.288. The van der Waals surface area contributed by atoms with E-state index in [2.05, 4.69) is 42.0 Å². The molecule has 1 N–H and O–H groups in total. The van der Waals surface area contributed by atoms with Crippen molar-refractivity contribution in [1.82, 2.24) is 5.32 Å². The average molecular weight is 250 g/mol. The second-order valence-electron chi connectivity index (χ2n) is 3.54. The molecule has 2 nitrogen and oxygen atoms in total. The summed E-state index contributed by atoms with van der Waals surface area (Å²) in [4.78, 5) is 11.4. The van der Waals surface area contributed by atoms with E-state index in [0.717, 1.165) is 18.2 Å². The Bertz CT molecular complexity index is 146. The minimum atomic E-state index is 0.181. The highest BCUT2D eigenvalue weighted by Gasteiger charge is 2.11. The van der Waals surface area contributed by atoms with Crippen molar-refractivity contribution in [2.75, 3.05) is 5.33 Å². The quantitative estimate of drug-likeness (QED) is 0.721. The van der Waals surface area contributed by atoms with Crippen molar-refractivity contribution in [3.05, 3.63) is 0 Å². The van der Waals surface area contributed by atoms with Crippen LogP contribution in [-0.2, 0) is 4.79 Å². The van der Waals surface area contributed by atoms with Gasteiger partial charge in [0.25, 0.3) is 0 Å². The predicted octanol–water partition coefficient (Wildman–Crippen LogP) is 2.71. The van der Waals surface area contributed by atoms with Crippen LogP contribution in [0.4, 0.5) is 0 Å². The van der Waals surface area contributed by atoms with Gasteiger partial charge < -0.3 is 5.32 Å². The Morgan fingerprint density at radius 3 is 2.38 bits per heavy atom. The average Bonchev–Trinajstić information content (AvgIpc) is 2.13. The smallest absolute Gasteiger partial charge is 0.220 e. The minimum absolute atomic E-state index is 0.181. The molecular formula is C10H20BrNO. The van der Waals surface area contributed by atoms with Gasteiger partial charge in [0.05, 0.1) is 0 Å². The van der Waals surface area contributed by atoms with Crippen LogP contribution in [0.15, 0.2) is 0 Å². The molecule has 3 heteroatoms. The van der Waals surface area contributed by atoms with Crippen LogP contribution in [0.5, 0.6) is 0 Å². The van der Waals surface area contributed by atoms with Crippen LogP contribution in [0, 0.1) is 5.92 Å². The summed E-state index contributed by atoms with van der Waals surface area (Å²) in [6.45, 7) is 6.30. The zero-order valence-electron chi connectivity index (χ0n) is 8.77. The third-order valence-corrected chi connectivity index (χ3v) is 3.06. The third-order valence-electron chi connectivity index (χ3n) is 2.27. The highest BCUT2D eigenvalue weighted by atomic mass is 79.9. The molecule has 13 heavy (non-hydrogen) atoms. The monoisotopic (exact) mass is 249 g/mol. The standard InChI is InChI=1S/C10H20BrNO/c1-4-8(3)6-10(13)12-9(5-2)7-11/h8-9H,4-7H2,1-3H3,(H,12,13). The molecule has 0 aliphatic heterocycles. The van der Waals surface area contributed by atoms with Crippen molar-refractivity contribution >= 4 is 21.8 Å². The number of rotatable bonds is 6. The van der Waals surface area contributed by atoms with E-state index in [9.17, 15) is 4.79 Å². The number of halogens is 1. The zero-order valence-corrected chi connectivity index (χ0v) is 10.4. The van der Waals surface area contributed by atoms with Crippen LogP contribution in [0.1, 0.15) is 40.0 Å². The molecule has 0 aromatic rings. The molecule has 0 saturated carbocycles. The van der Waals surface area contributed by atoms with E-state index < -0.39 is 0 Å². The first-order valence-electron chi connectivity index (χ1n) is 4.99. The third kappa shape index (κ3) is 6.08. The fourth-order valence-electron chi connectivity index (χ4n) is 0.997. The normalized spacial score (nSPS) is 15.1. The number of carbonyl (C=O) groups is 1. The van der Waals surface area contributed by atoms with Crippen LogP contribution in [-0.4, -0.2) is 17.3 Å². The molecule has 0 spiro atoms. The molecule has 0 bridgehead atoms. The second kappa shape index (κ2) is 7.36. The summed E-state index contributed by atoms with van der Waals surface area (Å²) < 4.78 is 0. The van der Waals surface area contributed by atoms with Crippen molar-refractivity contribution in [3.8, 4) is 0 Å². The Labute approximate surface area is 89.6 Å². The Kier molecular flexibility index (Phi) is 7.33. The molecular weight excluding hydrogens is 230 g/mol. The largest absolute Gasteiger partial charge is 0.353 e. The van der Waals surface area contributed by atoms with Gasteiger partial charge in [-0.05, 0) is 12.3 Å². The maximum absolute atomic E-state index is 11.4. The van der Waals surface area contributed by atoms with E-state index in [1.54, 1.807) is 0 Å². The van der Waals surface area contributed by atoms with Gasteiger partial charge in [-0.2, -0.15) is 0 Å². The lowest BCUT2D eigenvalue weighted by Gasteiger charge is -2.15. The van der Waals surface area contributed by atoms with Gasteiger partial charge in [-0.3, -0.25) is 4.79 Å². The van der Waals surface area contributed by atoms with Crippen LogP contribution in [0.2, 0.25) is 0 Å². The Morgan fingerprint density at radius 2 is 2.00 bits per heavy atom. The summed E-state index contributed by atoms with van der Waals surface area (Å²) in [5, 5.41) is 3.84. The summed E-state index contributed by atoms with van der Waals surface area (Å²) in [5.74, 6) is 0.675. The van der Waals surface area contributed by atoms with Gasteiger partial charge in [-0.15, -0.1) is 0 Å². The highest BCUT2D eigenvalue weighted by molar-refractivity contribution is 9.09. The Morgan fingerprint density at radius 1 is 1.38 bits per heavy atom. The number of hydrogen-bond donors (Lipinski definition) is 1. The van der Waals surface area contributed by atoms with E-state index in [-0.39, 0.29) is 11.9 Å². The molecule has 0 fully saturated rings. The summed E-state index contributed by atoms with van der Waals surface area (Å²) in [6.07, 6.45) is 2.70. The number of amides is 1. The van der Waals surface area contributed by atoms with Gasteiger partial charge in [0.2, 0.25) is 5.91 Å². The number of alkyl halides is 1. The van der Waals surface area contributed by atoms with Crippen molar-refractivity contribution < 1.29 is 4.79 Å². The molecule has 0 aliphatic rings. The van der Waals surface area contributed by atoms with Crippen LogP contribution in [0.3, 0.4) is 0 Å². The Balaban J connectivity index is 3.72. The van der Waals surface area contributed by atoms with Gasteiger partial charge in [0.15, 0.2) is 0 Å². The van der Waals surface area contributed by atoms with Gasteiger partial charge in [-0.1, -0.05) is 43.1 Å². The molecule has 0 aromatic heterocycles. The zero-order chi connectivity index (χ0) is 10.3. The van der Waals surface area contributed by atoms with Crippen molar-refractivity contribution in [2.45, 2.75) is 46.1 Å². The topological polar surface area (TPSA) is 29.1 Å². The van der Waals surface area contributed by atoms with Gasteiger partial charge in [0, 0.05) is 17.8 Å². The molecule has 0 saturated heterocycles. The number of carbonyl (C=O) groups excluding carboxylic acids is 1. The maximum atomic E-state index is 11.4. The summed E-state index contributed by atoms with van der Waals surface area (Å²) in [5.41, 5.74) is 0. The van der Waals surface area contributed by atoms with Crippen molar-refractivity contribution in [2.24, 2.45) is 5.92 Å². The first kappa shape index (κ1) is 12.9. The molecule has 78 valence electrons. The van der Waals surface area contributed by atoms with E-state index in [4.69, 9.17) is 0 Å².